The van der Waals surface area contributed by atoms with Crippen LogP contribution < -0.4 is 15.5 Å². The Hall–Kier alpha value is -2.97. The molecule has 2 aliphatic rings. The zero-order valence-corrected chi connectivity index (χ0v) is 16.3. The second kappa shape index (κ2) is 8.18. The topological polar surface area (TPSA) is 92.8 Å². The van der Waals surface area contributed by atoms with E-state index in [1.165, 1.54) is 6.92 Å². The van der Waals surface area contributed by atoms with E-state index in [4.69, 9.17) is 9.47 Å². The van der Waals surface area contributed by atoms with Gasteiger partial charge in [0.15, 0.2) is 5.79 Å². The number of carbonyl (C=O) groups excluding carboxylic acids is 2. The molecule has 2 fully saturated rings. The molecule has 0 bridgehead atoms. The van der Waals surface area contributed by atoms with Gasteiger partial charge in [0, 0.05) is 50.4 Å². The maximum absolute atomic E-state index is 12.5. The molecule has 0 radical (unpaired) electrons. The number of hydrogen-bond acceptors (Lipinski definition) is 6. The van der Waals surface area contributed by atoms with Crippen molar-refractivity contribution in [1.82, 2.24) is 4.98 Å². The lowest BCUT2D eigenvalue weighted by Gasteiger charge is -2.38. The monoisotopic (exact) mass is 396 g/mol. The average molecular weight is 396 g/mol. The number of amides is 2. The van der Waals surface area contributed by atoms with Gasteiger partial charge in [0.25, 0.3) is 5.91 Å². The first-order valence-corrected chi connectivity index (χ1v) is 9.71. The van der Waals surface area contributed by atoms with Crippen molar-refractivity contribution in [2.45, 2.75) is 25.6 Å². The summed E-state index contributed by atoms with van der Waals surface area (Å²) in [5.74, 6) is 0.00152. The molecule has 3 heterocycles. The zero-order valence-electron chi connectivity index (χ0n) is 16.3. The Morgan fingerprint density at radius 3 is 2.34 bits per heavy atom. The van der Waals surface area contributed by atoms with Crippen molar-refractivity contribution in [2.24, 2.45) is 0 Å². The highest BCUT2D eigenvalue weighted by Gasteiger charge is 2.40. The number of ether oxygens (including phenoxy) is 2. The number of carbonyl (C=O) groups is 2. The van der Waals surface area contributed by atoms with E-state index in [2.05, 4.69) is 20.5 Å². The summed E-state index contributed by atoms with van der Waals surface area (Å²) in [7, 11) is 0. The van der Waals surface area contributed by atoms with E-state index < -0.39 is 5.79 Å². The number of pyridine rings is 1. The summed E-state index contributed by atoms with van der Waals surface area (Å²) >= 11 is 0. The van der Waals surface area contributed by atoms with Crippen LogP contribution in [0.2, 0.25) is 0 Å². The number of nitrogens with one attached hydrogen (secondary N) is 2. The van der Waals surface area contributed by atoms with Gasteiger partial charge in [0.2, 0.25) is 5.91 Å². The molecule has 0 unspecified atom stereocenters. The maximum Gasteiger partial charge on any atom is 0.257 e. The summed E-state index contributed by atoms with van der Waals surface area (Å²) in [6, 6.07) is 10.6. The zero-order chi connectivity index (χ0) is 20.3. The lowest BCUT2D eigenvalue weighted by molar-refractivity contribution is -0.169. The van der Waals surface area contributed by atoms with Crippen molar-refractivity contribution < 1.29 is 19.1 Å². The van der Waals surface area contributed by atoms with Crippen LogP contribution in [0, 0.1) is 0 Å². The Morgan fingerprint density at radius 2 is 1.72 bits per heavy atom. The van der Waals surface area contributed by atoms with Gasteiger partial charge >= 0.3 is 0 Å². The Kier molecular flexibility index (Phi) is 5.46. The standard InChI is InChI=1S/C21H24N4O4/c1-15(26)23-17-3-2-4-18(13-17)24-20(27)16-5-6-19(22-14-16)25-9-7-21(8-10-25)28-11-12-29-21/h2-6,13-14H,7-12H2,1H3,(H,23,26)(H,24,27). The first-order chi connectivity index (χ1) is 14.0. The fraction of sp³-hybridized carbons (Fsp3) is 0.381. The number of nitrogens with zero attached hydrogens (tertiary/aromatic N) is 2. The molecule has 1 aromatic carbocycles. The van der Waals surface area contributed by atoms with Gasteiger partial charge in [-0.05, 0) is 30.3 Å². The minimum absolute atomic E-state index is 0.164. The molecule has 29 heavy (non-hydrogen) atoms. The predicted octanol–water partition coefficient (Wildman–Crippen LogP) is 2.64. The molecular weight excluding hydrogens is 372 g/mol. The predicted molar refractivity (Wildman–Crippen MR) is 109 cm³/mol. The fourth-order valence-electron chi connectivity index (χ4n) is 3.65. The molecule has 152 valence electrons. The van der Waals surface area contributed by atoms with Gasteiger partial charge in [-0.15, -0.1) is 0 Å². The summed E-state index contributed by atoms with van der Waals surface area (Å²) in [6.45, 7) is 4.36. The van der Waals surface area contributed by atoms with Gasteiger partial charge in [-0.1, -0.05) is 6.07 Å². The van der Waals surface area contributed by atoms with Crippen LogP contribution in [0.15, 0.2) is 42.6 Å². The van der Waals surface area contributed by atoms with E-state index in [1.54, 1.807) is 36.5 Å². The number of rotatable bonds is 4. The molecule has 0 atom stereocenters. The van der Waals surface area contributed by atoms with Gasteiger partial charge in [-0.3, -0.25) is 9.59 Å². The Morgan fingerprint density at radius 1 is 1.03 bits per heavy atom. The maximum atomic E-state index is 12.5. The third kappa shape index (κ3) is 4.55. The lowest BCUT2D eigenvalue weighted by atomic mass is 10.0. The summed E-state index contributed by atoms with van der Waals surface area (Å²) in [4.78, 5) is 30.3. The second-order valence-corrected chi connectivity index (χ2v) is 7.22. The molecule has 1 spiro atoms. The number of benzene rings is 1. The summed E-state index contributed by atoms with van der Waals surface area (Å²) in [6.07, 6.45) is 3.19. The van der Waals surface area contributed by atoms with Crippen molar-refractivity contribution in [3.63, 3.8) is 0 Å². The van der Waals surface area contributed by atoms with E-state index in [1.807, 2.05) is 6.07 Å². The third-order valence-electron chi connectivity index (χ3n) is 5.11. The highest BCUT2D eigenvalue weighted by atomic mass is 16.7. The van der Waals surface area contributed by atoms with Crippen molar-refractivity contribution >= 4 is 29.0 Å². The van der Waals surface area contributed by atoms with E-state index in [-0.39, 0.29) is 11.8 Å². The minimum Gasteiger partial charge on any atom is -0.356 e. The molecule has 0 saturated carbocycles. The SMILES string of the molecule is CC(=O)Nc1cccc(NC(=O)c2ccc(N3CCC4(CC3)OCCO4)nc2)c1. The molecule has 8 heteroatoms. The van der Waals surface area contributed by atoms with Crippen LogP contribution in [0.25, 0.3) is 0 Å². The first-order valence-electron chi connectivity index (χ1n) is 9.71. The lowest BCUT2D eigenvalue weighted by Crippen LogP contribution is -2.45. The first kappa shape index (κ1) is 19.4. The highest BCUT2D eigenvalue weighted by Crippen LogP contribution is 2.32. The van der Waals surface area contributed by atoms with Gasteiger partial charge in [0.1, 0.15) is 5.82 Å². The van der Waals surface area contributed by atoms with Crippen LogP contribution in [0.5, 0.6) is 0 Å². The van der Waals surface area contributed by atoms with Crippen LogP contribution >= 0.6 is 0 Å². The summed E-state index contributed by atoms with van der Waals surface area (Å²) < 4.78 is 11.5. The molecule has 4 rings (SSSR count). The summed E-state index contributed by atoms with van der Waals surface area (Å²) in [5.41, 5.74) is 1.69. The van der Waals surface area contributed by atoms with Crippen molar-refractivity contribution in [3.05, 3.63) is 48.2 Å². The number of anilines is 3. The van der Waals surface area contributed by atoms with Gasteiger partial charge in [0.05, 0.1) is 18.8 Å². The molecule has 2 saturated heterocycles. The Labute approximate surface area is 169 Å². The van der Waals surface area contributed by atoms with E-state index in [0.29, 0.717) is 30.2 Å². The largest absolute Gasteiger partial charge is 0.356 e. The fourth-order valence-corrected chi connectivity index (χ4v) is 3.65. The third-order valence-corrected chi connectivity index (χ3v) is 5.11. The summed E-state index contributed by atoms with van der Waals surface area (Å²) in [5, 5.41) is 5.52. The smallest absolute Gasteiger partial charge is 0.257 e. The van der Waals surface area contributed by atoms with Crippen molar-refractivity contribution in [2.75, 3.05) is 41.8 Å². The second-order valence-electron chi connectivity index (χ2n) is 7.22. The number of piperidine rings is 1. The van der Waals surface area contributed by atoms with Crippen LogP contribution in [-0.4, -0.2) is 48.9 Å². The van der Waals surface area contributed by atoms with E-state index in [0.717, 1.165) is 31.7 Å². The van der Waals surface area contributed by atoms with Crippen LogP contribution in [0.4, 0.5) is 17.2 Å². The molecule has 2 N–H and O–H groups in total. The number of hydrogen-bond donors (Lipinski definition) is 2. The quantitative estimate of drug-likeness (QED) is 0.825. The van der Waals surface area contributed by atoms with Gasteiger partial charge in [-0.2, -0.15) is 0 Å². The average Bonchev–Trinajstić information content (AvgIpc) is 3.16. The highest BCUT2D eigenvalue weighted by molar-refractivity contribution is 6.04. The molecule has 2 amide bonds. The molecule has 8 nitrogen and oxygen atoms in total. The molecule has 0 aliphatic carbocycles. The van der Waals surface area contributed by atoms with Gasteiger partial charge < -0.3 is 25.0 Å². The normalized spacial score (nSPS) is 17.9. The molecular formula is C21H24N4O4. The Balaban J connectivity index is 1.36. The van der Waals surface area contributed by atoms with E-state index >= 15 is 0 Å². The van der Waals surface area contributed by atoms with E-state index in [9.17, 15) is 9.59 Å². The van der Waals surface area contributed by atoms with Crippen LogP contribution in [0.1, 0.15) is 30.1 Å². The van der Waals surface area contributed by atoms with Crippen molar-refractivity contribution in [1.29, 1.82) is 0 Å². The van der Waals surface area contributed by atoms with Crippen molar-refractivity contribution in [3.8, 4) is 0 Å². The molecule has 2 aliphatic heterocycles. The minimum atomic E-state index is -0.415. The number of aromatic nitrogens is 1. The molecule has 1 aromatic heterocycles. The Bertz CT molecular complexity index is 884. The molecule has 2 aromatic rings. The van der Waals surface area contributed by atoms with Crippen LogP contribution in [-0.2, 0) is 14.3 Å². The van der Waals surface area contributed by atoms with Crippen LogP contribution in [0.3, 0.4) is 0 Å². The van der Waals surface area contributed by atoms with Gasteiger partial charge in [-0.25, -0.2) is 4.98 Å².